The van der Waals surface area contributed by atoms with Crippen LogP contribution in [0.5, 0.6) is 0 Å². The summed E-state index contributed by atoms with van der Waals surface area (Å²) in [6.45, 7) is -2.19. The summed E-state index contributed by atoms with van der Waals surface area (Å²) in [5.74, 6) is -0.274. The van der Waals surface area contributed by atoms with E-state index in [1.165, 1.54) is 18.5 Å². The van der Waals surface area contributed by atoms with Crippen LogP contribution in [0, 0.1) is 11.3 Å². The molecule has 3 aromatic rings. The minimum Gasteiger partial charge on any atom is -0.419 e. The van der Waals surface area contributed by atoms with E-state index in [0.29, 0.717) is 21.0 Å². The molecule has 0 bridgehead atoms. The third-order valence-corrected chi connectivity index (χ3v) is 4.34. The van der Waals surface area contributed by atoms with E-state index in [1.807, 2.05) is 0 Å². The van der Waals surface area contributed by atoms with Crippen molar-refractivity contribution in [1.29, 1.82) is 5.26 Å². The Bertz CT molecular complexity index is 1120. The summed E-state index contributed by atoms with van der Waals surface area (Å²) in [6.07, 6.45) is -6.76. The summed E-state index contributed by atoms with van der Waals surface area (Å²) in [5, 5.41) is 16.3. The Labute approximate surface area is 179 Å². The lowest BCUT2D eigenvalue weighted by molar-refractivity contribution is -0.137. The van der Waals surface area contributed by atoms with Crippen molar-refractivity contribution >= 4 is 21.6 Å². The number of aromatic nitrogens is 3. The van der Waals surface area contributed by atoms with Crippen LogP contribution in [0.15, 0.2) is 45.5 Å². The topological polar surface area (TPSA) is 78.8 Å². The Balaban J connectivity index is 1.95. The normalized spacial score (nSPS) is 11.9. The Morgan fingerprint density at radius 3 is 2.42 bits per heavy atom. The van der Waals surface area contributed by atoms with Crippen LogP contribution in [0.1, 0.15) is 17.0 Å². The zero-order valence-electron chi connectivity index (χ0n) is 15.2. The Kier molecular flexibility index (Phi) is 6.21. The van der Waals surface area contributed by atoms with Gasteiger partial charge >= 0.3 is 12.4 Å². The fraction of sp³-hybridized carbons (Fsp3) is 0.222. The number of alkyl halides is 6. The molecule has 31 heavy (non-hydrogen) atoms. The maximum Gasteiger partial charge on any atom is 0.417 e. The van der Waals surface area contributed by atoms with Gasteiger partial charge in [0.25, 0.3) is 0 Å². The molecular weight excluding hydrogens is 496 g/mol. The number of nitrogens with zero attached hydrogens (tertiary/aromatic N) is 5. The standard InChI is InChI=1S/C18H10BrF6N5O/c19-12-3-11(6-27-7-12)16-29-28-15(31-16)8-30(9-17(20,21)22)13-2-1-10(5-26)14(4-13)18(23,24)25/h1-4,6-7H,8-9H2. The molecule has 0 aliphatic carbocycles. The summed E-state index contributed by atoms with van der Waals surface area (Å²) in [5.41, 5.74) is -2.06. The lowest BCUT2D eigenvalue weighted by Crippen LogP contribution is -2.34. The average molecular weight is 506 g/mol. The number of hydrogen-bond donors (Lipinski definition) is 0. The molecule has 13 heteroatoms. The van der Waals surface area contributed by atoms with Gasteiger partial charge in [0.05, 0.1) is 29.3 Å². The number of hydrogen-bond acceptors (Lipinski definition) is 6. The SMILES string of the molecule is N#Cc1ccc(N(Cc2nnc(-c3cncc(Br)c3)o2)CC(F)(F)F)cc1C(F)(F)F. The first kappa shape index (κ1) is 22.5. The lowest BCUT2D eigenvalue weighted by Gasteiger charge is -2.25. The van der Waals surface area contributed by atoms with Crippen molar-refractivity contribution in [3.8, 4) is 17.5 Å². The van der Waals surface area contributed by atoms with Crippen LogP contribution in [0.3, 0.4) is 0 Å². The van der Waals surface area contributed by atoms with Crippen LogP contribution in [0.2, 0.25) is 0 Å². The first-order valence-electron chi connectivity index (χ1n) is 8.32. The molecule has 0 aliphatic heterocycles. The zero-order valence-corrected chi connectivity index (χ0v) is 16.8. The largest absolute Gasteiger partial charge is 0.419 e. The van der Waals surface area contributed by atoms with Crippen LogP contribution in [-0.4, -0.2) is 27.9 Å². The number of pyridine rings is 1. The molecule has 0 N–H and O–H groups in total. The number of rotatable bonds is 5. The highest BCUT2D eigenvalue weighted by Gasteiger charge is 2.36. The summed E-state index contributed by atoms with van der Waals surface area (Å²) >= 11 is 3.20. The second-order valence-corrected chi connectivity index (χ2v) is 7.12. The summed E-state index contributed by atoms with van der Waals surface area (Å²) in [6, 6.07) is 5.27. The number of anilines is 1. The Morgan fingerprint density at radius 1 is 1.06 bits per heavy atom. The van der Waals surface area contributed by atoms with Crippen LogP contribution >= 0.6 is 15.9 Å². The fourth-order valence-corrected chi connectivity index (χ4v) is 3.01. The van der Waals surface area contributed by atoms with Gasteiger partial charge in [-0.2, -0.15) is 31.6 Å². The molecule has 2 aromatic heterocycles. The van der Waals surface area contributed by atoms with Gasteiger partial charge in [0.1, 0.15) is 6.54 Å². The second-order valence-electron chi connectivity index (χ2n) is 6.20. The number of halogens is 7. The minimum atomic E-state index is -4.92. The fourth-order valence-electron chi connectivity index (χ4n) is 2.64. The molecule has 2 heterocycles. The summed E-state index contributed by atoms with van der Waals surface area (Å²) in [4.78, 5) is 4.51. The third-order valence-electron chi connectivity index (χ3n) is 3.91. The van der Waals surface area contributed by atoms with Gasteiger partial charge in [-0.1, -0.05) is 0 Å². The zero-order chi connectivity index (χ0) is 22.8. The van der Waals surface area contributed by atoms with Crippen LogP contribution < -0.4 is 4.90 Å². The third kappa shape index (κ3) is 5.72. The highest BCUT2D eigenvalue weighted by molar-refractivity contribution is 9.10. The molecule has 0 saturated carbocycles. The van der Waals surface area contributed by atoms with Gasteiger partial charge in [-0.25, -0.2) is 0 Å². The van der Waals surface area contributed by atoms with Crippen molar-refractivity contribution < 1.29 is 30.8 Å². The second kappa shape index (κ2) is 8.54. The maximum absolute atomic E-state index is 13.2. The van der Waals surface area contributed by atoms with E-state index in [2.05, 4.69) is 31.1 Å². The molecular formula is C18H10BrF6N5O. The van der Waals surface area contributed by atoms with Gasteiger partial charge in [-0.3, -0.25) is 4.98 Å². The lowest BCUT2D eigenvalue weighted by atomic mass is 10.1. The van der Waals surface area contributed by atoms with E-state index >= 15 is 0 Å². The molecule has 0 amide bonds. The highest BCUT2D eigenvalue weighted by Crippen LogP contribution is 2.35. The van der Waals surface area contributed by atoms with Crippen molar-refractivity contribution in [2.24, 2.45) is 0 Å². The van der Waals surface area contributed by atoms with Crippen LogP contribution in [0.4, 0.5) is 32.0 Å². The predicted octanol–water partition coefficient (Wildman–Crippen LogP) is 5.35. The average Bonchev–Trinajstić information content (AvgIpc) is 3.14. The van der Waals surface area contributed by atoms with E-state index in [1.54, 1.807) is 6.07 Å². The summed E-state index contributed by atoms with van der Waals surface area (Å²) < 4.78 is 84.9. The first-order chi connectivity index (χ1) is 14.5. The minimum absolute atomic E-state index is 0.0217. The van der Waals surface area contributed by atoms with E-state index < -0.39 is 42.3 Å². The molecule has 3 rings (SSSR count). The predicted molar refractivity (Wildman–Crippen MR) is 98.5 cm³/mol. The molecule has 0 atom stereocenters. The van der Waals surface area contributed by atoms with Gasteiger partial charge in [0.15, 0.2) is 0 Å². The Morgan fingerprint density at radius 2 is 1.81 bits per heavy atom. The van der Waals surface area contributed by atoms with Crippen LogP contribution in [-0.2, 0) is 12.7 Å². The molecule has 6 nitrogen and oxygen atoms in total. The monoisotopic (exact) mass is 505 g/mol. The number of benzene rings is 1. The first-order valence-corrected chi connectivity index (χ1v) is 9.12. The Hall–Kier alpha value is -3.14. The number of nitriles is 1. The molecule has 0 fully saturated rings. The smallest absolute Gasteiger partial charge is 0.417 e. The molecule has 0 unspecified atom stereocenters. The van der Waals surface area contributed by atoms with E-state index in [-0.39, 0.29) is 11.8 Å². The molecule has 0 saturated heterocycles. The van der Waals surface area contributed by atoms with Crippen LogP contribution in [0.25, 0.3) is 11.5 Å². The van der Waals surface area contributed by atoms with E-state index in [0.717, 1.165) is 12.1 Å². The van der Waals surface area contributed by atoms with E-state index in [4.69, 9.17) is 9.68 Å². The molecule has 0 aliphatic rings. The van der Waals surface area contributed by atoms with Gasteiger partial charge in [0, 0.05) is 22.6 Å². The van der Waals surface area contributed by atoms with Crippen molar-refractivity contribution in [1.82, 2.24) is 15.2 Å². The maximum atomic E-state index is 13.2. The summed E-state index contributed by atoms with van der Waals surface area (Å²) in [7, 11) is 0. The quantitative estimate of drug-likeness (QED) is 0.434. The van der Waals surface area contributed by atoms with Crippen molar-refractivity contribution in [3.63, 3.8) is 0 Å². The highest BCUT2D eigenvalue weighted by atomic mass is 79.9. The van der Waals surface area contributed by atoms with Crippen molar-refractivity contribution in [3.05, 3.63) is 58.1 Å². The molecule has 0 radical (unpaired) electrons. The van der Waals surface area contributed by atoms with Crippen molar-refractivity contribution in [2.45, 2.75) is 18.9 Å². The van der Waals surface area contributed by atoms with Gasteiger partial charge < -0.3 is 9.32 Å². The van der Waals surface area contributed by atoms with Gasteiger partial charge in [-0.15, -0.1) is 10.2 Å². The van der Waals surface area contributed by atoms with Gasteiger partial charge in [-0.05, 0) is 40.2 Å². The molecule has 1 aromatic carbocycles. The van der Waals surface area contributed by atoms with E-state index in [9.17, 15) is 26.3 Å². The molecule has 162 valence electrons. The van der Waals surface area contributed by atoms with Crippen molar-refractivity contribution in [2.75, 3.05) is 11.4 Å². The molecule has 0 spiro atoms. The van der Waals surface area contributed by atoms with Gasteiger partial charge in [0.2, 0.25) is 11.8 Å².